The molecule has 148 valence electrons. The van der Waals surface area contributed by atoms with Gasteiger partial charge >= 0.3 is 5.97 Å². The van der Waals surface area contributed by atoms with E-state index in [4.69, 9.17) is 4.74 Å². The Hall–Kier alpha value is -2.37. The summed E-state index contributed by atoms with van der Waals surface area (Å²) >= 11 is 0. The predicted octanol–water partition coefficient (Wildman–Crippen LogP) is 4.27. The van der Waals surface area contributed by atoms with Crippen molar-refractivity contribution in [1.29, 1.82) is 0 Å². The van der Waals surface area contributed by atoms with Crippen LogP contribution in [0.1, 0.15) is 65.2 Å². The summed E-state index contributed by atoms with van der Waals surface area (Å²) in [4.78, 5) is 35.1. The summed E-state index contributed by atoms with van der Waals surface area (Å²) in [6.45, 7) is 3.00. The van der Waals surface area contributed by atoms with Crippen LogP contribution in [0.2, 0.25) is 0 Å². The highest BCUT2D eigenvalue weighted by Gasteiger charge is 2.19. The maximum atomic E-state index is 12.2. The lowest BCUT2D eigenvalue weighted by atomic mass is 9.86. The van der Waals surface area contributed by atoms with E-state index in [1.54, 1.807) is 31.2 Å². The zero-order valence-electron chi connectivity index (χ0n) is 16.3. The topological polar surface area (TPSA) is 84.5 Å². The molecule has 6 nitrogen and oxygen atoms in total. The van der Waals surface area contributed by atoms with Gasteiger partial charge in [-0.05, 0) is 49.9 Å². The van der Waals surface area contributed by atoms with E-state index in [2.05, 4.69) is 10.6 Å². The molecule has 1 fully saturated rings. The van der Waals surface area contributed by atoms with E-state index in [1.807, 2.05) is 0 Å². The molecule has 0 radical (unpaired) electrons. The first kappa shape index (κ1) is 20.9. The number of ether oxygens (including phenoxy) is 1. The van der Waals surface area contributed by atoms with Crippen LogP contribution in [0.4, 0.5) is 11.4 Å². The number of esters is 1. The van der Waals surface area contributed by atoms with Crippen molar-refractivity contribution in [3.05, 3.63) is 24.3 Å². The number of hydrogen-bond acceptors (Lipinski definition) is 4. The molecular weight excluding hydrogens is 344 g/mol. The van der Waals surface area contributed by atoms with Crippen LogP contribution in [0.15, 0.2) is 24.3 Å². The van der Waals surface area contributed by atoms with Crippen LogP contribution in [0.5, 0.6) is 0 Å². The summed E-state index contributed by atoms with van der Waals surface area (Å²) in [6.07, 6.45) is 7.89. The summed E-state index contributed by atoms with van der Waals surface area (Å²) in [7, 11) is 0. The predicted molar refractivity (Wildman–Crippen MR) is 105 cm³/mol. The van der Waals surface area contributed by atoms with E-state index < -0.39 is 6.10 Å². The minimum absolute atomic E-state index is 0.157. The Morgan fingerprint density at radius 3 is 2.22 bits per heavy atom. The molecule has 27 heavy (non-hydrogen) atoms. The molecule has 2 rings (SSSR count). The second kappa shape index (κ2) is 10.7. The first-order valence-electron chi connectivity index (χ1n) is 9.82. The molecule has 0 spiro atoms. The van der Waals surface area contributed by atoms with E-state index in [0.717, 1.165) is 18.8 Å². The zero-order chi connectivity index (χ0) is 19.6. The number of hydrogen-bond donors (Lipinski definition) is 2. The van der Waals surface area contributed by atoms with Gasteiger partial charge in [0.25, 0.3) is 5.91 Å². The van der Waals surface area contributed by atoms with Crippen molar-refractivity contribution in [2.24, 2.45) is 5.92 Å². The molecule has 1 unspecified atom stereocenters. The Bertz CT molecular complexity index is 636. The molecule has 0 saturated heterocycles. The Balaban J connectivity index is 1.69. The molecular formula is C21H30N2O4. The van der Waals surface area contributed by atoms with Crippen LogP contribution in [0, 0.1) is 5.92 Å². The van der Waals surface area contributed by atoms with Crippen molar-refractivity contribution in [1.82, 2.24) is 0 Å². The minimum atomic E-state index is -0.845. The van der Waals surface area contributed by atoms with E-state index in [-0.39, 0.29) is 17.8 Å². The summed E-state index contributed by atoms with van der Waals surface area (Å²) < 4.78 is 5.24. The number of carbonyl (C=O) groups is 3. The lowest BCUT2D eigenvalue weighted by Crippen LogP contribution is -2.29. The van der Waals surface area contributed by atoms with Crippen molar-refractivity contribution < 1.29 is 19.1 Å². The van der Waals surface area contributed by atoms with Gasteiger partial charge in [0.15, 0.2) is 6.10 Å². The van der Waals surface area contributed by atoms with Crippen molar-refractivity contribution in [2.45, 2.75) is 71.3 Å². The number of amides is 2. The van der Waals surface area contributed by atoms with E-state index in [1.165, 1.54) is 39.0 Å². The highest BCUT2D eigenvalue weighted by molar-refractivity contribution is 5.95. The first-order chi connectivity index (χ1) is 12.9. The number of nitrogens with one attached hydrogen (secondary N) is 2. The fourth-order valence-corrected chi connectivity index (χ4v) is 3.40. The molecule has 6 heteroatoms. The summed E-state index contributed by atoms with van der Waals surface area (Å²) in [5, 5.41) is 5.36. The third-order valence-corrected chi connectivity index (χ3v) is 4.87. The maximum absolute atomic E-state index is 12.2. The van der Waals surface area contributed by atoms with E-state index in [0.29, 0.717) is 17.8 Å². The van der Waals surface area contributed by atoms with Crippen LogP contribution in [-0.2, 0) is 19.1 Å². The summed E-state index contributed by atoms with van der Waals surface area (Å²) in [5.74, 6) is -0.110. The molecule has 1 aromatic rings. The van der Waals surface area contributed by atoms with Crippen LogP contribution in [0.3, 0.4) is 0 Å². The van der Waals surface area contributed by atoms with Gasteiger partial charge in [0.05, 0.1) is 0 Å². The van der Waals surface area contributed by atoms with E-state index in [9.17, 15) is 14.4 Å². The van der Waals surface area contributed by atoms with Crippen molar-refractivity contribution in [3.63, 3.8) is 0 Å². The van der Waals surface area contributed by atoms with E-state index >= 15 is 0 Å². The van der Waals surface area contributed by atoms with Crippen LogP contribution >= 0.6 is 0 Å². The number of anilines is 2. The highest BCUT2D eigenvalue weighted by Crippen LogP contribution is 2.27. The second-order valence-electron chi connectivity index (χ2n) is 7.28. The molecule has 1 aromatic carbocycles. The molecule has 0 bridgehead atoms. The Labute approximate surface area is 161 Å². The van der Waals surface area contributed by atoms with Gasteiger partial charge in [-0.2, -0.15) is 0 Å². The van der Waals surface area contributed by atoms with Crippen molar-refractivity contribution in [3.8, 4) is 0 Å². The molecule has 2 N–H and O–H groups in total. The molecule has 2 amide bonds. The Morgan fingerprint density at radius 2 is 1.63 bits per heavy atom. The van der Waals surface area contributed by atoms with Gasteiger partial charge in [0.2, 0.25) is 5.91 Å². The smallest absolute Gasteiger partial charge is 0.306 e. The van der Waals surface area contributed by atoms with Crippen LogP contribution in [-0.4, -0.2) is 23.9 Å². The first-order valence-corrected chi connectivity index (χ1v) is 9.82. The molecule has 0 aromatic heterocycles. The molecule has 1 aliphatic rings. The average molecular weight is 374 g/mol. The van der Waals surface area contributed by atoms with Gasteiger partial charge in [0, 0.05) is 24.7 Å². The van der Waals surface area contributed by atoms with Crippen molar-refractivity contribution >= 4 is 29.2 Å². The fraction of sp³-hybridized carbons (Fsp3) is 0.571. The second-order valence-corrected chi connectivity index (χ2v) is 7.28. The number of carbonyl (C=O) groups excluding carboxylic acids is 3. The number of benzene rings is 1. The van der Waals surface area contributed by atoms with Gasteiger partial charge in [0.1, 0.15) is 0 Å². The number of rotatable bonds is 8. The summed E-state index contributed by atoms with van der Waals surface area (Å²) in [6, 6.07) is 6.75. The van der Waals surface area contributed by atoms with Crippen molar-refractivity contribution in [2.75, 3.05) is 10.6 Å². The van der Waals surface area contributed by atoms with Gasteiger partial charge in [-0.1, -0.05) is 32.1 Å². The molecule has 0 heterocycles. The third kappa shape index (κ3) is 7.81. The Kier molecular flexibility index (Phi) is 8.30. The SMILES string of the molecule is CC(=O)Nc1ccc(NC(=O)C(C)OC(=O)CCCC2CCCCC2)cc1. The minimum Gasteiger partial charge on any atom is -0.453 e. The zero-order valence-corrected chi connectivity index (χ0v) is 16.3. The van der Waals surface area contributed by atoms with Gasteiger partial charge in [-0.3, -0.25) is 14.4 Å². The van der Waals surface area contributed by atoms with Gasteiger partial charge < -0.3 is 15.4 Å². The normalized spacial score (nSPS) is 15.6. The standard InChI is InChI=1S/C21H30N2O4/c1-15(27-20(25)10-6-9-17-7-4-3-5-8-17)21(26)23-19-13-11-18(12-14-19)22-16(2)24/h11-15,17H,3-10H2,1-2H3,(H,22,24)(H,23,26). The quantitative estimate of drug-likeness (QED) is 0.666. The maximum Gasteiger partial charge on any atom is 0.306 e. The highest BCUT2D eigenvalue weighted by atomic mass is 16.5. The molecule has 1 aliphatic carbocycles. The largest absolute Gasteiger partial charge is 0.453 e. The lowest BCUT2D eigenvalue weighted by molar-refractivity contribution is -0.153. The lowest BCUT2D eigenvalue weighted by Gasteiger charge is -2.21. The molecule has 1 atom stereocenters. The average Bonchev–Trinajstić information content (AvgIpc) is 2.63. The molecule has 1 saturated carbocycles. The van der Waals surface area contributed by atoms with Gasteiger partial charge in [-0.25, -0.2) is 0 Å². The fourth-order valence-electron chi connectivity index (χ4n) is 3.40. The van der Waals surface area contributed by atoms with Crippen LogP contribution < -0.4 is 10.6 Å². The molecule has 0 aliphatic heterocycles. The third-order valence-electron chi connectivity index (χ3n) is 4.87. The Morgan fingerprint density at radius 1 is 1.04 bits per heavy atom. The summed E-state index contributed by atoms with van der Waals surface area (Å²) in [5.41, 5.74) is 1.23. The monoisotopic (exact) mass is 374 g/mol. The van der Waals surface area contributed by atoms with Crippen LogP contribution in [0.25, 0.3) is 0 Å². The van der Waals surface area contributed by atoms with Gasteiger partial charge in [-0.15, -0.1) is 0 Å².